The third kappa shape index (κ3) is 10.2. The predicted octanol–water partition coefficient (Wildman–Crippen LogP) is 28.8. The highest BCUT2D eigenvalue weighted by Crippen LogP contribution is 2.57. The molecule has 2 aromatic heterocycles. The molecule has 2 heterocycles. The van der Waals surface area contributed by atoms with E-state index in [1.807, 2.05) is 12.1 Å². The third-order valence-electron chi connectivity index (χ3n) is 23.5. The van der Waals surface area contributed by atoms with Crippen LogP contribution in [-0.2, 0) is 10.8 Å². The number of furan rings is 1. The lowest BCUT2D eigenvalue weighted by molar-refractivity contribution is 0.660. The Hall–Kier alpha value is -14.1. The molecular formula is C106H73N3O. The summed E-state index contributed by atoms with van der Waals surface area (Å²) >= 11 is 0. The van der Waals surface area contributed by atoms with Crippen LogP contribution in [0.4, 0.5) is 34.1 Å². The Morgan fingerprint density at radius 2 is 0.618 bits per heavy atom. The highest BCUT2D eigenvalue weighted by Gasteiger charge is 2.46. The summed E-state index contributed by atoms with van der Waals surface area (Å²) in [5.41, 5.74) is 29.2. The van der Waals surface area contributed by atoms with Gasteiger partial charge < -0.3 is 18.8 Å². The van der Waals surface area contributed by atoms with Gasteiger partial charge in [0.15, 0.2) is 0 Å². The number of hydrogen-bond acceptors (Lipinski definition) is 3. The molecule has 518 valence electrons. The number of aromatic nitrogens is 1. The van der Waals surface area contributed by atoms with Crippen LogP contribution in [0.25, 0.3) is 126 Å². The van der Waals surface area contributed by atoms with Gasteiger partial charge in [-0.1, -0.05) is 317 Å². The zero-order valence-electron chi connectivity index (χ0n) is 60.9. The van der Waals surface area contributed by atoms with Crippen molar-refractivity contribution in [1.29, 1.82) is 0 Å². The van der Waals surface area contributed by atoms with E-state index in [1.54, 1.807) is 0 Å². The number of benzene rings is 18. The van der Waals surface area contributed by atoms with Gasteiger partial charge in [0.05, 0.1) is 16.4 Å². The summed E-state index contributed by atoms with van der Waals surface area (Å²) in [4.78, 5) is 4.80. The summed E-state index contributed by atoms with van der Waals surface area (Å²) in [6.45, 7) is 4.72. The summed E-state index contributed by atoms with van der Waals surface area (Å²) in [5.74, 6) is 0. The van der Waals surface area contributed by atoms with Gasteiger partial charge in [-0.25, -0.2) is 0 Å². The molecule has 110 heavy (non-hydrogen) atoms. The van der Waals surface area contributed by atoms with Gasteiger partial charge in [-0.15, -0.1) is 0 Å². The van der Waals surface area contributed by atoms with Crippen molar-refractivity contribution >= 4 is 110 Å². The standard InChI is InChI=1S/C55H37NO.C51H36N2/c1-3-14-38(15-4-1)39-26-32-43(33-27-39)56(44-34-28-40(29-35-44)46-21-13-22-50-49-20-9-12-25-53(49)57-54(46)50)45-36-30-42(31-37-45)55(41-16-5-2-6-17-41)51-23-10-7-18-47(51)48-19-8-11-24-52(48)55;1-51(2)47-20-10-7-17-42(47)43-30-28-36(32-48(43)51)52(35-27-29-41-39-15-4-3-13-37(39)38-14-5-6-16-40(38)46(41)31-35)33-23-25-34(26-24-33)53-49-21-11-8-18-44(49)45-19-9-12-22-50(45)53/h1-37H;3-32H,1-2H3. The third-order valence-corrected chi connectivity index (χ3v) is 23.5. The summed E-state index contributed by atoms with van der Waals surface area (Å²) in [7, 11) is 0. The van der Waals surface area contributed by atoms with Gasteiger partial charge in [-0.2, -0.15) is 0 Å². The molecule has 18 aromatic carbocycles. The lowest BCUT2D eigenvalue weighted by Crippen LogP contribution is -2.28. The van der Waals surface area contributed by atoms with Crippen molar-refractivity contribution in [1.82, 2.24) is 4.57 Å². The van der Waals surface area contributed by atoms with Gasteiger partial charge in [-0.05, 0) is 208 Å². The molecule has 4 heteroatoms. The molecule has 0 unspecified atom stereocenters. The van der Waals surface area contributed by atoms with Gasteiger partial charge in [0.25, 0.3) is 0 Å². The van der Waals surface area contributed by atoms with Crippen LogP contribution >= 0.6 is 0 Å². The van der Waals surface area contributed by atoms with Crippen LogP contribution in [0.5, 0.6) is 0 Å². The molecule has 0 aliphatic heterocycles. The van der Waals surface area contributed by atoms with E-state index in [0.29, 0.717) is 0 Å². The van der Waals surface area contributed by atoms with E-state index in [-0.39, 0.29) is 5.41 Å². The van der Waals surface area contributed by atoms with Crippen molar-refractivity contribution in [2.24, 2.45) is 0 Å². The van der Waals surface area contributed by atoms with Crippen molar-refractivity contribution < 1.29 is 4.42 Å². The molecule has 0 saturated carbocycles. The summed E-state index contributed by atoms with van der Waals surface area (Å²) in [6, 6.07) is 148. The van der Waals surface area contributed by atoms with Crippen LogP contribution in [-0.4, -0.2) is 4.57 Å². The topological polar surface area (TPSA) is 24.6 Å². The minimum atomic E-state index is -0.450. The number of nitrogens with zero attached hydrogens (tertiary/aromatic N) is 3. The molecule has 2 aliphatic carbocycles. The average molecular weight is 1400 g/mol. The van der Waals surface area contributed by atoms with Crippen molar-refractivity contribution in [3.63, 3.8) is 0 Å². The van der Waals surface area contributed by atoms with Crippen molar-refractivity contribution in [3.05, 3.63) is 440 Å². The molecule has 2 aliphatic rings. The smallest absolute Gasteiger partial charge is 0.143 e. The molecule has 4 nitrogen and oxygen atoms in total. The van der Waals surface area contributed by atoms with Crippen molar-refractivity contribution in [2.75, 3.05) is 9.80 Å². The van der Waals surface area contributed by atoms with Crippen LogP contribution in [0.1, 0.15) is 47.2 Å². The maximum Gasteiger partial charge on any atom is 0.143 e. The first-order valence-corrected chi connectivity index (χ1v) is 38.1. The average Bonchev–Trinajstić information content (AvgIpc) is 1.53. The molecule has 0 bridgehead atoms. The molecule has 0 N–H and O–H groups in total. The van der Waals surface area contributed by atoms with Crippen LogP contribution in [0, 0.1) is 0 Å². The molecule has 22 rings (SSSR count). The zero-order chi connectivity index (χ0) is 73.0. The second kappa shape index (κ2) is 25.9. The fourth-order valence-electron chi connectivity index (χ4n) is 18.5. The quantitative estimate of drug-likeness (QED) is 0.121. The largest absolute Gasteiger partial charge is 0.455 e. The Bertz CT molecular complexity index is 6840. The molecule has 0 amide bonds. The van der Waals surface area contributed by atoms with Gasteiger partial charge >= 0.3 is 0 Å². The van der Waals surface area contributed by atoms with Crippen LogP contribution < -0.4 is 9.80 Å². The van der Waals surface area contributed by atoms with Gasteiger partial charge in [0.2, 0.25) is 0 Å². The van der Waals surface area contributed by atoms with E-state index >= 15 is 0 Å². The maximum atomic E-state index is 6.43. The Labute approximate surface area is 639 Å². The molecule has 20 aromatic rings. The van der Waals surface area contributed by atoms with Crippen molar-refractivity contribution in [3.8, 4) is 50.2 Å². The van der Waals surface area contributed by atoms with E-state index < -0.39 is 5.41 Å². The molecular weight excluding hydrogens is 1330 g/mol. The van der Waals surface area contributed by atoms with Crippen LogP contribution in [0.2, 0.25) is 0 Å². The number of hydrogen-bond donors (Lipinski definition) is 0. The lowest BCUT2D eigenvalue weighted by Gasteiger charge is -2.34. The van der Waals surface area contributed by atoms with Gasteiger partial charge in [-0.3, -0.25) is 0 Å². The fourth-order valence-corrected chi connectivity index (χ4v) is 18.5. The monoisotopic (exact) mass is 1400 g/mol. The Kier molecular flexibility index (Phi) is 15.1. The first kappa shape index (κ1) is 64.3. The Balaban J connectivity index is 0.000000140. The van der Waals surface area contributed by atoms with E-state index in [9.17, 15) is 0 Å². The Morgan fingerprint density at radius 3 is 1.22 bits per heavy atom. The lowest BCUT2D eigenvalue weighted by atomic mass is 9.68. The van der Waals surface area contributed by atoms with Gasteiger partial charge in [0, 0.05) is 72.3 Å². The minimum Gasteiger partial charge on any atom is -0.455 e. The maximum absolute atomic E-state index is 6.43. The summed E-state index contributed by atoms with van der Waals surface area (Å²) in [5, 5.41) is 12.5. The minimum absolute atomic E-state index is 0.105. The molecule has 0 radical (unpaired) electrons. The van der Waals surface area contributed by atoms with Crippen LogP contribution in [0.3, 0.4) is 0 Å². The second-order valence-corrected chi connectivity index (χ2v) is 29.8. The number of para-hydroxylation sites is 4. The Morgan fingerprint density at radius 1 is 0.236 bits per heavy atom. The molecule has 0 spiro atoms. The van der Waals surface area contributed by atoms with Crippen molar-refractivity contribution in [2.45, 2.75) is 24.7 Å². The SMILES string of the molecule is CC1(C)c2ccccc2-c2ccc(N(c3ccc(-n4c5ccccc5c5ccccc54)cc3)c3ccc4c5ccccc5c5ccccc5c4c3)cc21.c1ccc(-c2ccc(N(c3ccc(-c4cccc5c4oc4ccccc45)cc3)c3ccc(C4(c5ccccc5)c5ccccc5-c5ccccc54)cc3)cc2)cc1. The predicted molar refractivity (Wildman–Crippen MR) is 462 cm³/mol. The van der Waals surface area contributed by atoms with E-state index in [1.165, 1.54) is 121 Å². The van der Waals surface area contributed by atoms with E-state index in [0.717, 1.165) is 72.9 Å². The molecule has 0 saturated heterocycles. The summed E-state index contributed by atoms with van der Waals surface area (Å²) < 4.78 is 8.82. The van der Waals surface area contributed by atoms with E-state index in [4.69, 9.17) is 4.42 Å². The fraction of sp³-hybridized carbons (Fsp3) is 0.0377. The normalized spacial score (nSPS) is 13.0. The number of fused-ring (bicyclic) bond motifs is 18. The van der Waals surface area contributed by atoms with E-state index in [2.05, 4.69) is 423 Å². The van der Waals surface area contributed by atoms with Gasteiger partial charge in [0.1, 0.15) is 11.2 Å². The molecule has 0 fully saturated rings. The first-order chi connectivity index (χ1) is 54.3. The first-order valence-electron chi connectivity index (χ1n) is 38.1. The number of anilines is 6. The molecule has 0 atom stereocenters. The zero-order valence-corrected chi connectivity index (χ0v) is 60.9. The highest BCUT2D eigenvalue weighted by atomic mass is 16.3. The van der Waals surface area contributed by atoms with Crippen LogP contribution in [0.15, 0.2) is 411 Å². The highest BCUT2D eigenvalue weighted by molar-refractivity contribution is 6.26. The second-order valence-electron chi connectivity index (χ2n) is 29.8. The number of rotatable bonds is 11. The summed E-state index contributed by atoms with van der Waals surface area (Å²) in [6.07, 6.45) is 0.